The lowest BCUT2D eigenvalue weighted by molar-refractivity contribution is -0.384. The molecule has 0 N–H and O–H groups in total. The Morgan fingerprint density at radius 3 is 2.46 bits per heavy atom. The number of hydrogen-bond acceptors (Lipinski definition) is 4. The average molecular weight is 478 g/mol. The molecule has 0 aromatic heterocycles. The Hall–Kier alpha value is -1.29. The molecule has 0 bridgehead atoms. The molecule has 9 heteroatoms. The number of non-ortho nitro benzene ring substituents is 1. The largest absolute Gasteiger partial charge is 0.269 e. The van der Waals surface area contributed by atoms with Crippen LogP contribution >= 0.6 is 31.9 Å². The van der Waals surface area contributed by atoms with Crippen molar-refractivity contribution in [2.45, 2.75) is 17.9 Å². The van der Waals surface area contributed by atoms with Gasteiger partial charge in [-0.1, -0.05) is 28.1 Å². The summed E-state index contributed by atoms with van der Waals surface area (Å²) in [6, 6.07) is 10.3. The van der Waals surface area contributed by atoms with Gasteiger partial charge in [-0.3, -0.25) is 10.1 Å². The highest BCUT2D eigenvalue weighted by molar-refractivity contribution is 9.11. The van der Waals surface area contributed by atoms with E-state index in [1.807, 2.05) is 0 Å². The first-order chi connectivity index (χ1) is 11.1. The maximum absolute atomic E-state index is 12.9. The van der Waals surface area contributed by atoms with Crippen molar-refractivity contribution in [3.63, 3.8) is 0 Å². The van der Waals surface area contributed by atoms with E-state index in [4.69, 9.17) is 0 Å². The number of hydrogen-bond donors (Lipinski definition) is 0. The molecular formula is C15H14Br2N2O4S. The van der Waals surface area contributed by atoms with E-state index in [9.17, 15) is 18.5 Å². The van der Waals surface area contributed by atoms with Crippen LogP contribution in [0.1, 0.15) is 18.5 Å². The Morgan fingerprint density at radius 1 is 1.17 bits per heavy atom. The molecule has 1 atom stereocenters. The van der Waals surface area contributed by atoms with Gasteiger partial charge in [-0.15, -0.1) is 0 Å². The number of rotatable bonds is 5. The van der Waals surface area contributed by atoms with Crippen LogP contribution in [0.2, 0.25) is 0 Å². The standard InChI is InChI=1S/C15H14Br2N2O4S/c1-10(11-4-3-5-13(8-11)19(20)21)18(2)24(22,23)15-9-12(16)6-7-14(15)17/h3-10H,1-2H3. The van der Waals surface area contributed by atoms with Gasteiger partial charge in [0.1, 0.15) is 0 Å². The normalized spacial score (nSPS) is 13.0. The maximum atomic E-state index is 12.9. The van der Waals surface area contributed by atoms with Crippen LogP contribution in [-0.4, -0.2) is 24.7 Å². The van der Waals surface area contributed by atoms with Crippen molar-refractivity contribution in [2.24, 2.45) is 0 Å². The molecule has 0 saturated carbocycles. The Balaban J connectivity index is 2.42. The fraction of sp³-hybridized carbons (Fsp3) is 0.200. The van der Waals surface area contributed by atoms with Gasteiger partial charge in [0, 0.05) is 34.2 Å². The van der Waals surface area contributed by atoms with E-state index < -0.39 is 21.0 Å². The molecule has 6 nitrogen and oxygen atoms in total. The van der Waals surface area contributed by atoms with Gasteiger partial charge in [0.25, 0.3) is 5.69 Å². The van der Waals surface area contributed by atoms with Crippen molar-refractivity contribution >= 4 is 47.6 Å². The number of halogens is 2. The predicted octanol–water partition coefficient (Wildman–Crippen LogP) is 4.50. The summed E-state index contributed by atoms with van der Waals surface area (Å²) >= 11 is 6.52. The molecule has 0 saturated heterocycles. The second-order valence-corrected chi connectivity index (χ2v) is 8.86. The number of nitrogens with zero attached hydrogens (tertiary/aromatic N) is 2. The quantitative estimate of drug-likeness (QED) is 0.469. The molecule has 0 fully saturated rings. The van der Waals surface area contributed by atoms with Gasteiger partial charge in [0.05, 0.1) is 9.82 Å². The lowest BCUT2D eigenvalue weighted by Crippen LogP contribution is -2.30. The van der Waals surface area contributed by atoms with Crippen molar-refractivity contribution in [3.05, 3.63) is 67.1 Å². The summed E-state index contributed by atoms with van der Waals surface area (Å²) in [6.45, 7) is 1.68. The molecule has 128 valence electrons. The molecule has 0 aliphatic carbocycles. The maximum Gasteiger partial charge on any atom is 0.269 e. The van der Waals surface area contributed by atoms with E-state index in [-0.39, 0.29) is 10.6 Å². The highest BCUT2D eigenvalue weighted by Gasteiger charge is 2.29. The summed E-state index contributed by atoms with van der Waals surface area (Å²) in [7, 11) is -2.34. The van der Waals surface area contributed by atoms with Gasteiger partial charge in [0.2, 0.25) is 10.0 Å². The van der Waals surface area contributed by atoms with Gasteiger partial charge in [-0.05, 0) is 46.6 Å². The molecule has 0 heterocycles. The Morgan fingerprint density at radius 2 is 1.83 bits per heavy atom. The fourth-order valence-electron chi connectivity index (χ4n) is 2.15. The third-order valence-corrected chi connectivity index (χ3v) is 7.07. The molecular weight excluding hydrogens is 464 g/mol. The van der Waals surface area contributed by atoms with E-state index in [1.165, 1.54) is 29.6 Å². The van der Waals surface area contributed by atoms with Gasteiger partial charge in [-0.2, -0.15) is 4.31 Å². The second-order valence-electron chi connectivity index (χ2n) is 5.12. The molecule has 1 unspecified atom stereocenters. The average Bonchev–Trinajstić information content (AvgIpc) is 2.55. The van der Waals surface area contributed by atoms with Gasteiger partial charge < -0.3 is 0 Å². The van der Waals surface area contributed by atoms with Crippen LogP contribution in [0.3, 0.4) is 0 Å². The highest BCUT2D eigenvalue weighted by atomic mass is 79.9. The van der Waals surface area contributed by atoms with Gasteiger partial charge in [-0.25, -0.2) is 8.42 Å². The number of nitro benzene ring substituents is 1. The van der Waals surface area contributed by atoms with Crippen molar-refractivity contribution in [3.8, 4) is 0 Å². The van der Waals surface area contributed by atoms with Crippen molar-refractivity contribution in [2.75, 3.05) is 7.05 Å². The third kappa shape index (κ3) is 3.85. The Labute approximate surface area is 156 Å². The Bertz CT molecular complexity index is 887. The van der Waals surface area contributed by atoms with Crippen LogP contribution in [0.15, 0.2) is 56.3 Å². The molecule has 0 amide bonds. The first-order valence-electron chi connectivity index (χ1n) is 6.82. The number of benzene rings is 2. The minimum absolute atomic E-state index is 0.0752. The fourth-order valence-corrected chi connectivity index (χ4v) is 4.96. The predicted molar refractivity (Wildman–Crippen MR) is 98.3 cm³/mol. The van der Waals surface area contributed by atoms with Crippen molar-refractivity contribution in [1.29, 1.82) is 0 Å². The van der Waals surface area contributed by atoms with Crippen LogP contribution in [0.25, 0.3) is 0 Å². The summed E-state index contributed by atoms with van der Waals surface area (Å²) in [4.78, 5) is 10.5. The van der Waals surface area contributed by atoms with E-state index in [0.29, 0.717) is 14.5 Å². The minimum atomic E-state index is -3.79. The van der Waals surface area contributed by atoms with Crippen molar-refractivity contribution < 1.29 is 13.3 Å². The summed E-state index contributed by atoms with van der Waals surface area (Å²) in [5.74, 6) is 0. The van der Waals surface area contributed by atoms with Crippen LogP contribution < -0.4 is 0 Å². The molecule has 0 aliphatic heterocycles. The minimum Gasteiger partial charge on any atom is -0.258 e. The molecule has 24 heavy (non-hydrogen) atoms. The monoisotopic (exact) mass is 476 g/mol. The molecule has 2 rings (SSSR count). The van der Waals surface area contributed by atoms with E-state index in [1.54, 1.807) is 31.2 Å². The van der Waals surface area contributed by atoms with Crippen LogP contribution in [0, 0.1) is 10.1 Å². The molecule has 0 radical (unpaired) electrons. The summed E-state index contributed by atoms with van der Waals surface area (Å²) < 4.78 is 28.0. The van der Waals surface area contributed by atoms with E-state index in [0.717, 1.165) is 0 Å². The molecule has 2 aromatic carbocycles. The summed E-state index contributed by atoms with van der Waals surface area (Å²) in [5.41, 5.74) is 0.468. The highest BCUT2D eigenvalue weighted by Crippen LogP contribution is 2.32. The topological polar surface area (TPSA) is 80.5 Å². The molecule has 0 aliphatic rings. The number of sulfonamides is 1. The SMILES string of the molecule is CC(c1cccc([N+](=O)[O-])c1)N(C)S(=O)(=O)c1cc(Br)ccc1Br. The lowest BCUT2D eigenvalue weighted by Gasteiger charge is -2.25. The number of nitro groups is 1. The molecule has 2 aromatic rings. The first-order valence-corrected chi connectivity index (χ1v) is 9.84. The second kappa shape index (κ2) is 7.30. The zero-order valence-corrected chi connectivity index (χ0v) is 16.8. The zero-order chi connectivity index (χ0) is 18.1. The summed E-state index contributed by atoms with van der Waals surface area (Å²) in [5, 5.41) is 10.9. The first kappa shape index (κ1) is 19.0. The third-order valence-electron chi connectivity index (χ3n) is 3.66. The van der Waals surface area contributed by atoms with E-state index >= 15 is 0 Å². The van der Waals surface area contributed by atoms with Crippen LogP contribution in [0.5, 0.6) is 0 Å². The molecule has 0 spiro atoms. The zero-order valence-electron chi connectivity index (χ0n) is 12.8. The smallest absolute Gasteiger partial charge is 0.258 e. The van der Waals surface area contributed by atoms with Gasteiger partial charge in [0.15, 0.2) is 0 Å². The van der Waals surface area contributed by atoms with Gasteiger partial charge >= 0.3 is 0 Å². The van der Waals surface area contributed by atoms with Crippen LogP contribution in [-0.2, 0) is 10.0 Å². The Kier molecular flexibility index (Phi) is 5.79. The van der Waals surface area contributed by atoms with Crippen LogP contribution in [0.4, 0.5) is 5.69 Å². The lowest BCUT2D eigenvalue weighted by atomic mass is 10.1. The summed E-state index contributed by atoms with van der Waals surface area (Å²) in [6.07, 6.45) is 0. The van der Waals surface area contributed by atoms with E-state index in [2.05, 4.69) is 31.9 Å². The van der Waals surface area contributed by atoms with Crippen molar-refractivity contribution in [1.82, 2.24) is 4.31 Å².